The molecule has 0 bridgehead atoms. The van der Waals surface area contributed by atoms with Crippen LogP contribution in [0.5, 0.6) is 0 Å². The highest BCUT2D eigenvalue weighted by Gasteiger charge is 2.31. The van der Waals surface area contributed by atoms with Crippen molar-refractivity contribution >= 4 is 0 Å². The molecule has 0 aromatic carbocycles. The SMILES string of the molecule is CC(C)C(CCN(C)C1CCOC(C)(C)C1)c1ccco1. The largest absolute Gasteiger partial charge is 0.469 e. The van der Waals surface area contributed by atoms with Crippen molar-refractivity contribution in [2.75, 3.05) is 20.2 Å². The molecule has 1 aromatic heterocycles. The van der Waals surface area contributed by atoms with Crippen LogP contribution in [0.3, 0.4) is 0 Å². The van der Waals surface area contributed by atoms with Gasteiger partial charge in [0.25, 0.3) is 0 Å². The summed E-state index contributed by atoms with van der Waals surface area (Å²) in [4.78, 5) is 2.52. The summed E-state index contributed by atoms with van der Waals surface area (Å²) in [6.45, 7) is 11.0. The molecule has 1 fully saturated rings. The Morgan fingerprint density at radius 2 is 2.14 bits per heavy atom. The Hall–Kier alpha value is -0.800. The number of ether oxygens (including phenoxy) is 1. The third kappa shape index (κ3) is 4.58. The van der Waals surface area contributed by atoms with Crippen molar-refractivity contribution < 1.29 is 9.15 Å². The van der Waals surface area contributed by atoms with Gasteiger partial charge in [0.05, 0.1) is 11.9 Å². The highest BCUT2D eigenvalue weighted by atomic mass is 16.5. The van der Waals surface area contributed by atoms with Crippen LogP contribution in [0.25, 0.3) is 0 Å². The molecule has 0 saturated carbocycles. The normalized spacial score (nSPS) is 23.7. The monoisotopic (exact) mass is 293 g/mol. The van der Waals surface area contributed by atoms with E-state index in [2.05, 4.69) is 45.7 Å². The zero-order valence-corrected chi connectivity index (χ0v) is 14.3. The summed E-state index contributed by atoms with van der Waals surface area (Å²) in [6, 6.07) is 4.75. The van der Waals surface area contributed by atoms with Gasteiger partial charge in [-0.05, 0) is 64.8 Å². The molecule has 1 aromatic rings. The highest BCUT2D eigenvalue weighted by molar-refractivity contribution is 5.06. The van der Waals surface area contributed by atoms with E-state index in [1.54, 1.807) is 6.26 Å². The Kier molecular flexibility index (Phi) is 5.50. The molecule has 1 aliphatic rings. The van der Waals surface area contributed by atoms with E-state index < -0.39 is 0 Å². The number of nitrogens with zero attached hydrogens (tertiary/aromatic N) is 1. The van der Waals surface area contributed by atoms with Crippen LogP contribution in [0.2, 0.25) is 0 Å². The van der Waals surface area contributed by atoms with E-state index in [0.29, 0.717) is 17.9 Å². The first-order valence-electron chi connectivity index (χ1n) is 8.26. The van der Waals surface area contributed by atoms with Gasteiger partial charge in [-0.15, -0.1) is 0 Å². The molecular formula is C18H31NO2. The second-order valence-corrected chi connectivity index (χ2v) is 7.39. The Labute approximate surface area is 129 Å². The molecular weight excluding hydrogens is 262 g/mol. The van der Waals surface area contributed by atoms with Crippen molar-refractivity contribution in [2.24, 2.45) is 5.92 Å². The van der Waals surface area contributed by atoms with E-state index in [1.807, 2.05) is 6.07 Å². The first kappa shape index (κ1) is 16.6. The molecule has 2 atom stereocenters. The van der Waals surface area contributed by atoms with Gasteiger partial charge in [0.1, 0.15) is 5.76 Å². The van der Waals surface area contributed by atoms with Crippen molar-refractivity contribution in [3.63, 3.8) is 0 Å². The van der Waals surface area contributed by atoms with Gasteiger partial charge in [-0.3, -0.25) is 0 Å². The summed E-state index contributed by atoms with van der Waals surface area (Å²) in [6.07, 6.45) is 5.21. The number of hydrogen-bond donors (Lipinski definition) is 0. The van der Waals surface area contributed by atoms with Crippen LogP contribution in [-0.2, 0) is 4.74 Å². The third-order valence-corrected chi connectivity index (χ3v) is 4.80. The summed E-state index contributed by atoms with van der Waals surface area (Å²) < 4.78 is 11.5. The Balaban J connectivity index is 1.88. The standard InChI is InChI=1S/C18H31NO2/c1-14(2)16(17-7-6-11-20-17)8-10-19(5)15-9-12-21-18(3,4)13-15/h6-7,11,14-16H,8-10,12-13H2,1-5H3. The lowest BCUT2D eigenvalue weighted by atomic mass is 9.89. The first-order valence-corrected chi connectivity index (χ1v) is 8.26. The third-order valence-electron chi connectivity index (χ3n) is 4.80. The molecule has 2 unspecified atom stereocenters. The number of rotatable bonds is 6. The Morgan fingerprint density at radius 1 is 1.38 bits per heavy atom. The maximum atomic E-state index is 5.83. The van der Waals surface area contributed by atoms with Gasteiger partial charge in [-0.2, -0.15) is 0 Å². The molecule has 0 aliphatic carbocycles. The molecule has 0 N–H and O–H groups in total. The first-order chi connectivity index (χ1) is 9.89. The fourth-order valence-electron chi connectivity index (χ4n) is 3.41. The van der Waals surface area contributed by atoms with Crippen molar-refractivity contribution in [3.05, 3.63) is 24.2 Å². The Bertz CT molecular complexity index is 411. The minimum absolute atomic E-state index is 0.0234. The maximum absolute atomic E-state index is 5.83. The lowest BCUT2D eigenvalue weighted by Gasteiger charge is -2.40. The smallest absolute Gasteiger partial charge is 0.107 e. The van der Waals surface area contributed by atoms with Crippen LogP contribution in [0.1, 0.15) is 58.6 Å². The summed E-state index contributed by atoms with van der Waals surface area (Å²) in [5, 5.41) is 0. The zero-order chi connectivity index (χ0) is 15.5. The molecule has 0 spiro atoms. The summed E-state index contributed by atoms with van der Waals surface area (Å²) in [7, 11) is 2.26. The van der Waals surface area contributed by atoms with E-state index in [4.69, 9.17) is 9.15 Å². The van der Waals surface area contributed by atoms with E-state index in [1.165, 1.54) is 0 Å². The highest BCUT2D eigenvalue weighted by Crippen LogP contribution is 2.30. The van der Waals surface area contributed by atoms with E-state index in [-0.39, 0.29) is 5.60 Å². The average molecular weight is 293 g/mol. The molecule has 2 heterocycles. The second-order valence-electron chi connectivity index (χ2n) is 7.39. The van der Waals surface area contributed by atoms with E-state index in [0.717, 1.165) is 38.2 Å². The lowest BCUT2D eigenvalue weighted by Crippen LogP contribution is -2.45. The van der Waals surface area contributed by atoms with Crippen LogP contribution >= 0.6 is 0 Å². The number of furan rings is 1. The van der Waals surface area contributed by atoms with Gasteiger partial charge in [0.2, 0.25) is 0 Å². The van der Waals surface area contributed by atoms with Gasteiger partial charge in [0.15, 0.2) is 0 Å². The topological polar surface area (TPSA) is 25.6 Å². The van der Waals surface area contributed by atoms with Gasteiger partial charge >= 0.3 is 0 Å². The van der Waals surface area contributed by atoms with E-state index in [9.17, 15) is 0 Å². The van der Waals surface area contributed by atoms with Gasteiger partial charge in [-0.1, -0.05) is 13.8 Å². The molecule has 2 rings (SSSR count). The van der Waals surface area contributed by atoms with Crippen molar-refractivity contribution in [2.45, 2.75) is 64.5 Å². The van der Waals surface area contributed by atoms with Crippen LogP contribution in [0.4, 0.5) is 0 Å². The minimum Gasteiger partial charge on any atom is -0.469 e. The molecule has 0 amide bonds. The molecule has 3 nitrogen and oxygen atoms in total. The lowest BCUT2D eigenvalue weighted by molar-refractivity contribution is -0.0802. The molecule has 21 heavy (non-hydrogen) atoms. The molecule has 1 saturated heterocycles. The summed E-state index contributed by atoms with van der Waals surface area (Å²) >= 11 is 0. The van der Waals surface area contributed by atoms with Gasteiger partial charge in [-0.25, -0.2) is 0 Å². The summed E-state index contributed by atoms with van der Waals surface area (Å²) in [5.74, 6) is 2.25. The predicted octanol–water partition coefficient (Wildman–Crippen LogP) is 4.30. The van der Waals surface area contributed by atoms with Gasteiger partial charge in [0, 0.05) is 18.6 Å². The summed E-state index contributed by atoms with van der Waals surface area (Å²) in [5.41, 5.74) is 0.0234. The van der Waals surface area contributed by atoms with Crippen LogP contribution in [-0.4, -0.2) is 36.7 Å². The van der Waals surface area contributed by atoms with Crippen molar-refractivity contribution in [1.29, 1.82) is 0 Å². The van der Waals surface area contributed by atoms with Gasteiger partial charge < -0.3 is 14.1 Å². The van der Waals surface area contributed by atoms with Crippen LogP contribution < -0.4 is 0 Å². The predicted molar refractivity (Wildman–Crippen MR) is 86.6 cm³/mol. The van der Waals surface area contributed by atoms with Crippen LogP contribution in [0.15, 0.2) is 22.8 Å². The minimum atomic E-state index is 0.0234. The van der Waals surface area contributed by atoms with Crippen molar-refractivity contribution in [3.8, 4) is 0 Å². The molecule has 3 heteroatoms. The molecule has 120 valence electrons. The fraction of sp³-hybridized carbons (Fsp3) is 0.778. The van der Waals surface area contributed by atoms with Crippen molar-refractivity contribution in [1.82, 2.24) is 4.90 Å². The quantitative estimate of drug-likeness (QED) is 0.782. The maximum Gasteiger partial charge on any atom is 0.107 e. The van der Waals surface area contributed by atoms with Crippen LogP contribution in [0, 0.1) is 5.92 Å². The number of hydrogen-bond acceptors (Lipinski definition) is 3. The molecule has 1 aliphatic heterocycles. The van der Waals surface area contributed by atoms with E-state index >= 15 is 0 Å². The second kappa shape index (κ2) is 6.97. The molecule has 0 radical (unpaired) electrons. The Morgan fingerprint density at radius 3 is 2.71 bits per heavy atom. The fourth-order valence-corrected chi connectivity index (χ4v) is 3.41. The zero-order valence-electron chi connectivity index (χ0n) is 14.3. The average Bonchev–Trinajstić information content (AvgIpc) is 2.91.